The largest absolute Gasteiger partial charge is 0.378 e. The molecule has 1 unspecified atom stereocenters. The molecule has 0 aliphatic carbocycles. The number of amides is 1. The quantitative estimate of drug-likeness (QED) is 0.886. The third-order valence-electron chi connectivity index (χ3n) is 3.20. The highest BCUT2D eigenvalue weighted by Gasteiger charge is 2.13. The summed E-state index contributed by atoms with van der Waals surface area (Å²) >= 11 is 1.72. The highest BCUT2D eigenvalue weighted by atomic mass is 32.1. The van der Waals surface area contributed by atoms with Crippen LogP contribution in [0.2, 0.25) is 0 Å². The van der Waals surface area contributed by atoms with Gasteiger partial charge in [0.2, 0.25) is 0 Å². The second kappa shape index (κ2) is 6.72. The van der Waals surface area contributed by atoms with Gasteiger partial charge in [-0.15, -0.1) is 11.3 Å². The monoisotopic (exact) mass is 303 g/mol. The first kappa shape index (κ1) is 15.5. The lowest BCUT2D eigenvalue weighted by Crippen LogP contribution is -2.22. The van der Waals surface area contributed by atoms with Crippen LogP contribution in [-0.4, -0.2) is 17.4 Å². The van der Waals surface area contributed by atoms with Crippen LogP contribution in [0, 0.1) is 13.8 Å². The molecule has 2 rings (SSSR count). The van der Waals surface area contributed by atoms with Gasteiger partial charge in [0.1, 0.15) is 0 Å². The summed E-state index contributed by atoms with van der Waals surface area (Å²) in [5, 5.41) is 7.33. The number of nitrogens with zero attached hydrogens (tertiary/aromatic N) is 1. The molecule has 0 saturated heterocycles. The van der Waals surface area contributed by atoms with E-state index in [1.165, 1.54) is 4.88 Å². The van der Waals surface area contributed by atoms with Gasteiger partial charge in [0.25, 0.3) is 5.91 Å². The molecule has 0 aliphatic rings. The first-order valence-corrected chi connectivity index (χ1v) is 7.91. The summed E-state index contributed by atoms with van der Waals surface area (Å²) in [5.74, 6) is -0.0361. The van der Waals surface area contributed by atoms with Crippen LogP contribution in [0.4, 0.5) is 5.69 Å². The van der Waals surface area contributed by atoms with Crippen LogP contribution >= 0.6 is 11.3 Å². The number of benzene rings is 1. The second-order valence-electron chi connectivity index (χ2n) is 4.99. The molecule has 1 aromatic carbocycles. The van der Waals surface area contributed by atoms with E-state index in [0.717, 1.165) is 16.4 Å². The summed E-state index contributed by atoms with van der Waals surface area (Å²) in [5.41, 5.74) is 2.76. The fourth-order valence-electron chi connectivity index (χ4n) is 2.24. The maximum Gasteiger partial charge on any atom is 0.251 e. The molecule has 0 radical (unpaired) electrons. The Morgan fingerprint density at radius 2 is 1.95 bits per heavy atom. The molecule has 2 N–H and O–H groups in total. The Kier molecular flexibility index (Phi) is 4.96. The SMILES string of the molecule is CCNC(=O)c1ccc(NC(C)c2sc(C)nc2C)cc1. The number of rotatable bonds is 5. The van der Waals surface area contributed by atoms with Crippen molar-refractivity contribution in [3.05, 3.63) is 45.4 Å². The Hall–Kier alpha value is -1.88. The van der Waals surface area contributed by atoms with Crippen LogP contribution < -0.4 is 10.6 Å². The zero-order chi connectivity index (χ0) is 15.4. The Morgan fingerprint density at radius 3 is 2.48 bits per heavy atom. The molecule has 0 spiro atoms. The number of nitrogens with one attached hydrogen (secondary N) is 2. The average molecular weight is 303 g/mol. The van der Waals surface area contributed by atoms with Crippen LogP contribution in [0.25, 0.3) is 0 Å². The summed E-state index contributed by atoms with van der Waals surface area (Å²) < 4.78 is 0. The van der Waals surface area contributed by atoms with Crippen molar-refractivity contribution in [2.75, 3.05) is 11.9 Å². The minimum absolute atomic E-state index is 0.0361. The maximum atomic E-state index is 11.7. The summed E-state index contributed by atoms with van der Waals surface area (Å²) in [7, 11) is 0. The number of aryl methyl sites for hydroxylation is 2. The highest BCUT2D eigenvalue weighted by molar-refractivity contribution is 7.11. The van der Waals surface area contributed by atoms with Gasteiger partial charge in [0, 0.05) is 22.7 Å². The molecule has 4 nitrogen and oxygen atoms in total. The molecule has 1 heterocycles. The molecule has 0 bridgehead atoms. The van der Waals surface area contributed by atoms with Gasteiger partial charge in [0.15, 0.2) is 0 Å². The lowest BCUT2D eigenvalue weighted by molar-refractivity contribution is 0.0956. The lowest BCUT2D eigenvalue weighted by atomic mass is 10.1. The number of carbonyl (C=O) groups is 1. The van der Waals surface area contributed by atoms with Crippen molar-refractivity contribution in [1.82, 2.24) is 10.3 Å². The van der Waals surface area contributed by atoms with Crippen LogP contribution in [0.5, 0.6) is 0 Å². The standard InChI is InChI=1S/C16H21N3OS/c1-5-17-16(20)13-6-8-14(9-7-13)19-11(3)15-10(2)18-12(4)21-15/h6-9,11,19H,5H2,1-4H3,(H,17,20). The van der Waals surface area contributed by atoms with E-state index in [0.29, 0.717) is 12.1 Å². The van der Waals surface area contributed by atoms with Crippen LogP contribution in [0.15, 0.2) is 24.3 Å². The van der Waals surface area contributed by atoms with Crippen molar-refractivity contribution in [3.63, 3.8) is 0 Å². The van der Waals surface area contributed by atoms with Crippen LogP contribution in [-0.2, 0) is 0 Å². The van der Waals surface area contributed by atoms with Gasteiger partial charge in [-0.3, -0.25) is 4.79 Å². The Labute approximate surface area is 129 Å². The molecule has 0 saturated carbocycles. The van der Waals surface area contributed by atoms with Gasteiger partial charge in [0.05, 0.1) is 16.7 Å². The molecular formula is C16H21N3OS. The molecule has 112 valence electrons. The predicted molar refractivity (Wildman–Crippen MR) is 88.1 cm³/mol. The molecule has 0 fully saturated rings. The second-order valence-corrected chi connectivity index (χ2v) is 6.22. The minimum Gasteiger partial charge on any atom is -0.378 e. The van der Waals surface area contributed by atoms with E-state index in [9.17, 15) is 4.79 Å². The summed E-state index contributed by atoms with van der Waals surface area (Å²) in [6.45, 7) is 8.73. The molecule has 2 aromatic rings. The number of hydrogen-bond acceptors (Lipinski definition) is 4. The van der Waals surface area contributed by atoms with Gasteiger partial charge >= 0.3 is 0 Å². The van der Waals surface area contributed by atoms with Crippen molar-refractivity contribution in [3.8, 4) is 0 Å². The molecule has 1 atom stereocenters. The van der Waals surface area contributed by atoms with E-state index in [4.69, 9.17) is 0 Å². The smallest absolute Gasteiger partial charge is 0.251 e. The van der Waals surface area contributed by atoms with Gasteiger partial charge in [-0.1, -0.05) is 0 Å². The number of hydrogen-bond donors (Lipinski definition) is 2. The van der Waals surface area contributed by atoms with Gasteiger partial charge in [-0.05, 0) is 52.0 Å². The lowest BCUT2D eigenvalue weighted by Gasteiger charge is -2.14. The maximum absolute atomic E-state index is 11.7. The first-order valence-electron chi connectivity index (χ1n) is 7.10. The third kappa shape index (κ3) is 3.82. The molecule has 1 aromatic heterocycles. The van der Waals surface area contributed by atoms with E-state index >= 15 is 0 Å². The van der Waals surface area contributed by atoms with E-state index in [2.05, 4.69) is 22.5 Å². The van der Waals surface area contributed by atoms with Crippen molar-refractivity contribution in [2.24, 2.45) is 0 Å². The third-order valence-corrected chi connectivity index (χ3v) is 4.46. The Bertz CT molecular complexity index is 619. The van der Waals surface area contributed by atoms with Crippen molar-refractivity contribution in [1.29, 1.82) is 0 Å². The van der Waals surface area contributed by atoms with Gasteiger partial charge in [-0.25, -0.2) is 4.98 Å². The molecule has 5 heteroatoms. The van der Waals surface area contributed by atoms with E-state index < -0.39 is 0 Å². The molecule has 0 aliphatic heterocycles. The summed E-state index contributed by atoms with van der Waals surface area (Å²) in [6.07, 6.45) is 0. The van der Waals surface area contributed by atoms with Crippen molar-refractivity contribution in [2.45, 2.75) is 33.7 Å². The summed E-state index contributed by atoms with van der Waals surface area (Å²) in [6, 6.07) is 7.75. The number of anilines is 1. The average Bonchev–Trinajstić information content (AvgIpc) is 2.79. The van der Waals surface area contributed by atoms with E-state index in [-0.39, 0.29) is 11.9 Å². The molecule has 1 amide bonds. The highest BCUT2D eigenvalue weighted by Crippen LogP contribution is 2.27. The summed E-state index contributed by atoms with van der Waals surface area (Å²) in [4.78, 5) is 17.4. The van der Waals surface area contributed by atoms with E-state index in [1.807, 2.05) is 45.0 Å². The minimum atomic E-state index is -0.0361. The Morgan fingerprint density at radius 1 is 1.29 bits per heavy atom. The fourth-order valence-corrected chi connectivity index (χ4v) is 3.17. The topological polar surface area (TPSA) is 54.0 Å². The fraction of sp³-hybridized carbons (Fsp3) is 0.375. The van der Waals surface area contributed by atoms with Crippen molar-refractivity contribution < 1.29 is 4.79 Å². The number of thiazole rings is 1. The van der Waals surface area contributed by atoms with Gasteiger partial charge < -0.3 is 10.6 Å². The molecular weight excluding hydrogens is 282 g/mol. The number of carbonyl (C=O) groups excluding carboxylic acids is 1. The van der Waals surface area contributed by atoms with Crippen LogP contribution in [0.1, 0.15) is 45.8 Å². The first-order chi connectivity index (χ1) is 10.0. The molecule has 21 heavy (non-hydrogen) atoms. The predicted octanol–water partition coefficient (Wildman–Crippen LogP) is 3.68. The zero-order valence-corrected chi connectivity index (χ0v) is 13.7. The number of aromatic nitrogens is 1. The van der Waals surface area contributed by atoms with Crippen LogP contribution in [0.3, 0.4) is 0 Å². The Balaban J connectivity index is 2.06. The zero-order valence-electron chi connectivity index (χ0n) is 12.9. The normalized spacial score (nSPS) is 12.0. The van der Waals surface area contributed by atoms with E-state index in [1.54, 1.807) is 11.3 Å². The van der Waals surface area contributed by atoms with Crippen molar-refractivity contribution >= 4 is 22.9 Å². The van der Waals surface area contributed by atoms with Gasteiger partial charge in [-0.2, -0.15) is 0 Å².